The Balaban J connectivity index is 2.66. The first-order valence-electron chi connectivity index (χ1n) is 5.93. The van der Waals surface area contributed by atoms with E-state index in [0.29, 0.717) is 6.61 Å². The van der Waals surface area contributed by atoms with E-state index in [9.17, 15) is 4.79 Å². The third kappa shape index (κ3) is 3.70. The van der Waals surface area contributed by atoms with Gasteiger partial charge in [0, 0.05) is 37.5 Å². The fourth-order valence-corrected chi connectivity index (χ4v) is 1.77. The van der Waals surface area contributed by atoms with Gasteiger partial charge in [-0.15, -0.1) is 0 Å². The van der Waals surface area contributed by atoms with Gasteiger partial charge in [-0.3, -0.25) is 9.48 Å². The van der Waals surface area contributed by atoms with Crippen LogP contribution in [0, 0.1) is 13.8 Å². The highest BCUT2D eigenvalue weighted by molar-refractivity contribution is 5.92. The molecule has 0 saturated heterocycles. The number of nitrogens with one attached hydrogen (secondary N) is 1. The second kappa shape index (κ2) is 6.35. The normalized spacial score (nSPS) is 12.9. The first-order valence-corrected chi connectivity index (χ1v) is 5.93. The van der Waals surface area contributed by atoms with Gasteiger partial charge in [0.1, 0.15) is 0 Å². The maximum absolute atomic E-state index is 11.7. The number of rotatable bonds is 5. The van der Waals surface area contributed by atoms with Crippen LogP contribution in [0.2, 0.25) is 0 Å². The largest absolute Gasteiger partial charge is 0.383 e. The van der Waals surface area contributed by atoms with Crippen molar-refractivity contribution in [2.24, 2.45) is 7.05 Å². The van der Waals surface area contributed by atoms with Crippen molar-refractivity contribution in [2.75, 3.05) is 13.7 Å². The number of methoxy groups -OCH3 is 1. The fraction of sp³-hybridized carbons (Fsp3) is 0.538. The van der Waals surface area contributed by atoms with Crippen LogP contribution in [0.4, 0.5) is 0 Å². The second-order valence-corrected chi connectivity index (χ2v) is 4.41. The molecular weight excluding hydrogens is 230 g/mol. The van der Waals surface area contributed by atoms with E-state index < -0.39 is 0 Å². The molecule has 1 aromatic heterocycles. The number of aryl methyl sites for hydroxylation is 2. The molecule has 0 saturated carbocycles. The Labute approximate surface area is 108 Å². The molecule has 0 fully saturated rings. The van der Waals surface area contributed by atoms with E-state index in [2.05, 4.69) is 10.4 Å². The van der Waals surface area contributed by atoms with E-state index >= 15 is 0 Å². The molecule has 0 radical (unpaired) electrons. The van der Waals surface area contributed by atoms with Crippen molar-refractivity contribution in [2.45, 2.75) is 26.8 Å². The molecule has 1 aromatic rings. The van der Waals surface area contributed by atoms with Crippen molar-refractivity contribution >= 4 is 12.0 Å². The number of hydrogen-bond acceptors (Lipinski definition) is 3. The minimum absolute atomic E-state index is 0.00300. The lowest BCUT2D eigenvalue weighted by atomic mass is 10.2. The highest BCUT2D eigenvalue weighted by Crippen LogP contribution is 2.13. The molecule has 0 aliphatic heterocycles. The monoisotopic (exact) mass is 251 g/mol. The first kappa shape index (κ1) is 14.4. The molecule has 0 aliphatic rings. The van der Waals surface area contributed by atoms with E-state index in [-0.39, 0.29) is 11.9 Å². The Hall–Kier alpha value is -1.62. The van der Waals surface area contributed by atoms with Gasteiger partial charge >= 0.3 is 0 Å². The maximum atomic E-state index is 11.7. The summed E-state index contributed by atoms with van der Waals surface area (Å²) in [4.78, 5) is 11.7. The zero-order chi connectivity index (χ0) is 13.7. The van der Waals surface area contributed by atoms with Crippen molar-refractivity contribution < 1.29 is 9.53 Å². The molecule has 1 unspecified atom stereocenters. The summed E-state index contributed by atoms with van der Waals surface area (Å²) in [5.74, 6) is -0.123. The molecule has 5 heteroatoms. The summed E-state index contributed by atoms with van der Waals surface area (Å²) in [6, 6.07) is 0.00300. The van der Waals surface area contributed by atoms with Gasteiger partial charge in [0.25, 0.3) is 0 Å². The van der Waals surface area contributed by atoms with Gasteiger partial charge in [-0.2, -0.15) is 5.10 Å². The lowest BCUT2D eigenvalue weighted by molar-refractivity contribution is -0.117. The van der Waals surface area contributed by atoms with Gasteiger partial charge in [0.05, 0.1) is 12.3 Å². The number of nitrogens with zero attached hydrogens (tertiary/aromatic N) is 2. The van der Waals surface area contributed by atoms with Gasteiger partial charge in [0.15, 0.2) is 0 Å². The number of hydrogen-bond donors (Lipinski definition) is 1. The lowest BCUT2D eigenvalue weighted by Gasteiger charge is -2.10. The molecule has 0 aliphatic carbocycles. The zero-order valence-electron chi connectivity index (χ0n) is 11.7. The molecule has 0 aromatic carbocycles. The summed E-state index contributed by atoms with van der Waals surface area (Å²) in [5.41, 5.74) is 2.96. The smallest absolute Gasteiger partial charge is 0.244 e. The van der Waals surface area contributed by atoms with Crippen molar-refractivity contribution in [1.29, 1.82) is 0 Å². The standard InChI is InChI=1S/C13H21N3O2/c1-9(8-18-5)14-13(17)7-6-12-10(2)15-16(4)11(12)3/h6-7,9H,8H2,1-5H3,(H,14,17). The van der Waals surface area contributed by atoms with Crippen LogP contribution in [0.25, 0.3) is 6.08 Å². The van der Waals surface area contributed by atoms with Crippen LogP contribution in [0.5, 0.6) is 0 Å². The van der Waals surface area contributed by atoms with Crippen LogP contribution >= 0.6 is 0 Å². The molecule has 1 atom stereocenters. The number of aromatic nitrogens is 2. The van der Waals surface area contributed by atoms with E-state index in [1.54, 1.807) is 17.9 Å². The SMILES string of the molecule is COCC(C)NC(=O)C=Cc1c(C)nn(C)c1C. The summed E-state index contributed by atoms with van der Waals surface area (Å²) < 4.78 is 6.76. The van der Waals surface area contributed by atoms with Crippen molar-refractivity contribution in [3.8, 4) is 0 Å². The molecule has 1 N–H and O–H groups in total. The zero-order valence-corrected chi connectivity index (χ0v) is 11.7. The summed E-state index contributed by atoms with van der Waals surface area (Å²) in [6.45, 7) is 6.31. The Morgan fingerprint density at radius 2 is 2.22 bits per heavy atom. The minimum Gasteiger partial charge on any atom is -0.383 e. The third-order valence-electron chi connectivity index (χ3n) is 2.77. The van der Waals surface area contributed by atoms with Crippen LogP contribution in [0.3, 0.4) is 0 Å². The predicted octanol–water partition coefficient (Wildman–Crippen LogP) is 1.20. The average molecular weight is 251 g/mol. The summed E-state index contributed by atoms with van der Waals surface area (Å²) in [5, 5.41) is 7.11. The molecule has 18 heavy (non-hydrogen) atoms. The molecule has 100 valence electrons. The predicted molar refractivity (Wildman–Crippen MR) is 71.2 cm³/mol. The summed E-state index contributed by atoms with van der Waals surface area (Å²) >= 11 is 0. The molecular formula is C13H21N3O2. The molecule has 1 amide bonds. The topological polar surface area (TPSA) is 56.1 Å². The van der Waals surface area contributed by atoms with E-state index in [4.69, 9.17) is 4.74 Å². The van der Waals surface area contributed by atoms with E-state index in [1.807, 2.05) is 27.8 Å². The first-order chi connectivity index (χ1) is 8.45. The Morgan fingerprint density at radius 1 is 1.56 bits per heavy atom. The Bertz CT molecular complexity index is 449. The van der Waals surface area contributed by atoms with Crippen LogP contribution in [-0.2, 0) is 16.6 Å². The molecule has 1 rings (SSSR count). The van der Waals surface area contributed by atoms with Crippen LogP contribution in [0.15, 0.2) is 6.08 Å². The van der Waals surface area contributed by atoms with Crippen molar-refractivity contribution in [3.05, 3.63) is 23.0 Å². The third-order valence-corrected chi connectivity index (χ3v) is 2.77. The molecule has 0 spiro atoms. The van der Waals surface area contributed by atoms with Crippen molar-refractivity contribution in [3.63, 3.8) is 0 Å². The highest BCUT2D eigenvalue weighted by atomic mass is 16.5. The molecule has 5 nitrogen and oxygen atoms in total. The molecule has 0 bridgehead atoms. The lowest BCUT2D eigenvalue weighted by Crippen LogP contribution is -2.34. The van der Waals surface area contributed by atoms with Crippen LogP contribution < -0.4 is 5.32 Å². The van der Waals surface area contributed by atoms with Gasteiger partial charge in [-0.05, 0) is 26.8 Å². The highest BCUT2D eigenvalue weighted by Gasteiger charge is 2.07. The number of carbonyl (C=O) groups excluding carboxylic acids is 1. The second-order valence-electron chi connectivity index (χ2n) is 4.41. The number of ether oxygens (including phenoxy) is 1. The average Bonchev–Trinajstić information content (AvgIpc) is 2.51. The van der Waals surface area contributed by atoms with E-state index in [0.717, 1.165) is 17.0 Å². The van der Waals surface area contributed by atoms with Gasteiger partial charge < -0.3 is 10.1 Å². The Morgan fingerprint density at radius 3 is 2.72 bits per heavy atom. The van der Waals surface area contributed by atoms with E-state index in [1.165, 1.54) is 6.08 Å². The quantitative estimate of drug-likeness (QED) is 0.800. The van der Waals surface area contributed by atoms with Crippen LogP contribution in [-0.4, -0.2) is 35.4 Å². The van der Waals surface area contributed by atoms with Crippen molar-refractivity contribution in [1.82, 2.24) is 15.1 Å². The van der Waals surface area contributed by atoms with Gasteiger partial charge in [0.2, 0.25) is 5.91 Å². The minimum atomic E-state index is -0.123. The Kier molecular flexibility index (Phi) is 5.09. The number of carbonyl (C=O) groups is 1. The number of amides is 1. The van der Waals surface area contributed by atoms with Gasteiger partial charge in [-0.25, -0.2) is 0 Å². The molecule has 1 heterocycles. The maximum Gasteiger partial charge on any atom is 0.244 e. The fourth-order valence-electron chi connectivity index (χ4n) is 1.77. The summed E-state index contributed by atoms with van der Waals surface area (Å²) in [6.07, 6.45) is 3.33. The van der Waals surface area contributed by atoms with Crippen LogP contribution in [0.1, 0.15) is 23.9 Å². The summed E-state index contributed by atoms with van der Waals surface area (Å²) in [7, 11) is 3.50. The van der Waals surface area contributed by atoms with Gasteiger partial charge in [-0.1, -0.05) is 0 Å².